The molecule has 30 heavy (non-hydrogen) atoms. The number of hydrogen-bond donors (Lipinski definition) is 0. The number of hydrogen-bond acceptors (Lipinski definition) is 6. The molecule has 0 bridgehead atoms. The van der Waals surface area contributed by atoms with Crippen LogP contribution in [0.2, 0.25) is 0 Å². The third kappa shape index (κ3) is 5.25. The van der Waals surface area contributed by atoms with Crippen molar-refractivity contribution in [2.24, 2.45) is 11.8 Å². The van der Waals surface area contributed by atoms with Gasteiger partial charge >= 0.3 is 12.1 Å². The van der Waals surface area contributed by atoms with Crippen LogP contribution >= 0.6 is 22.6 Å². The van der Waals surface area contributed by atoms with Crippen LogP contribution in [0.25, 0.3) is 0 Å². The fourth-order valence-corrected chi connectivity index (χ4v) is 4.44. The molecule has 0 N–H and O–H groups in total. The number of benzene rings is 1. The molecule has 1 saturated heterocycles. The van der Waals surface area contributed by atoms with E-state index < -0.39 is 17.5 Å². The van der Waals surface area contributed by atoms with Gasteiger partial charge in [-0.2, -0.15) is 0 Å². The summed E-state index contributed by atoms with van der Waals surface area (Å²) >= 11 is 2.17. The van der Waals surface area contributed by atoms with Crippen molar-refractivity contribution in [3.8, 4) is 0 Å². The molecule has 0 spiro atoms. The van der Waals surface area contributed by atoms with E-state index in [4.69, 9.17) is 9.47 Å². The normalized spacial score (nSPS) is 21.4. The second-order valence-electron chi connectivity index (χ2n) is 8.82. The van der Waals surface area contributed by atoms with E-state index >= 15 is 0 Å². The molecule has 8 heteroatoms. The summed E-state index contributed by atoms with van der Waals surface area (Å²) in [5.41, 5.74) is 0.885. The lowest BCUT2D eigenvalue weighted by Crippen LogP contribution is -2.45. The molecule has 1 unspecified atom stereocenters. The van der Waals surface area contributed by atoms with E-state index in [9.17, 15) is 14.4 Å². The van der Waals surface area contributed by atoms with E-state index in [0.29, 0.717) is 31.7 Å². The van der Waals surface area contributed by atoms with Gasteiger partial charge in [0.25, 0.3) is 0 Å². The van der Waals surface area contributed by atoms with Gasteiger partial charge in [0.05, 0.1) is 6.61 Å². The van der Waals surface area contributed by atoms with Crippen LogP contribution in [0.1, 0.15) is 44.5 Å². The molecule has 1 aromatic rings. The lowest BCUT2D eigenvalue weighted by atomic mass is 9.90. The Morgan fingerprint density at radius 1 is 1.23 bits per heavy atom. The van der Waals surface area contributed by atoms with Crippen LogP contribution in [-0.4, -0.2) is 61.1 Å². The molecule has 0 saturated carbocycles. The Balaban J connectivity index is 1.75. The van der Waals surface area contributed by atoms with Crippen molar-refractivity contribution in [2.45, 2.75) is 39.7 Å². The number of carbonyl (C=O) groups is 3. The monoisotopic (exact) mass is 528 g/mol. The highest BCUT2D eigenvalue weighted by Crippen LogP contribution is 2.33. The second kappa shape index (κ2) is 9.11. The minimum atomic E-state index is -0.820. The molecule has 2 aliphatic heterocycles. The number of anilines is 1. The molecule has 7 nitrogen and oxygen atoms in total. The van der Waals surface area contributed by atoms with E-state index in [1.54, 1.807) is 11.8 Å². The van der Waals surface area contributed by atoms with Gasteiger partial charge in [-0.15, -0.1) is 0 Å². The Bertz CT molecular complexity index is 835. The average molecular weight is 528 g/mol. The number of ether oxygens (including phenoxy) is 2. The van der Waals surface area contributed by atoms with Crippen molar-refractivity contribution in [2.75, 3.05) is 37.7 Å². The van der Waals surface area contributed by atoms with Crippen molar-refractivity contribution >= 4 is 46.1 Å². The molecule has 1 amide bonds. The Hall–Kier alpha value is -1.84. The van der Waals surface area contributed by atoms with E-state index in [2.05, 4.69) is 27.5 Å². The fourth-order valence-electron chi connectivity index (χ4n) is 3.95. The molecule has 1 aromatic carbocycles. The third-order valence-electron chi connectivity index (χ3n) is 5.27. The number of ketones is 1. The molecule has 0 radical (unpaired) electrons. The van der Waals surface area contributed by atoms with Gasteiger partial charge < -0.3 is 19.3 Å². The summed E-state index contributed by atoms with van der Waals surface area (Å²) in [7, 11) is 0. The number of carbonyl (C=O) groups excluding carboxylic acids is 3. The first-order chi connectivity index (χ1) is 14.1. The number of likely N-dealkylation sites (tertiary alicyclic amines) is 1. The van der Waals surface area contributed by atoms with Gasteiger partial charge in [-0.05, 0) is 80.8 Å². The van der Waals surface area contributed by atoms with Gasteiger partial charge in [0, 0.05) is 41.0 Å². The van der Waals surface area contributed by atoms with E-state index in [0.717, 1.165) is 15.7 Å². The quantitative estimate of drug-likeness (QED) is 0.337. The Morgan fingerprint density at radius 3 is 2.63 bits per heavy atom. The zero-order valence-corrected chi connectivity index (χ0v) is 20.1. The molecule has 2 heterocycles. The number of fused-ring (bicyclic) bond motifs is 1. The lowest BCUT2D eigenvalue weighted by Gasteiger charge is -2.36. The van der Waals surface area contributed by atoms with Gasteiger partial charge in [0.2, 0.25) is 0 Å². The summed E-state index contributed by atoms with van der Waals surface area (Å²) in [5.74, 6) is -1.24. The van der Waals surface area contributed by atoms with Crippen molar-refractivity contribution in [3.63, 3.8) is 0 Å². The maximum Gasteiger partial charge on any atom is 0.410 e. The first-order valence-corrected chi connectivity index (χ1v) is 11.4. The first kappa shape index (κ1) is 22.8. The van der Waals surface area contributed by atoms with E-state index in [1.165, 1.54) is 0 Å². The Labute approximate surface area is 191 Å². The van der Waals surface area contributed by atoms with Crippen LogP contribution in [-0.2, 0) is 14.3 Å². The number of amides is 1. The number of Topliss-reactive ketones (excluding diaryl/α,β-unsaturated/α-hetero) is 1. The maximum atomic E-state index is 12.9. The van der Waals surface area contributed by atoms with Crippen molar-refractivity contribution in [3.05, 3.63) is 27.3 Å². The molecule has 0 aromatic heterocycles. The third-order valence-corrected chi connectivity index (χ3v) is 5.94. The van der Waals surface area contributed by atoms with Crippen LogP contribution in [0.15, 0.2) is 18.2 Å². The summed E-state index contributed by atoms with van der Waals surface area (Å²) in [4.78, 5) is 41.6. The molecule has 1 fully saturated rings. The largest absolute Gasteiger partial charge is 0.465 e. The SMILES string of the molecule is CCOC(=O)[C@@H]1CN(CC2CCN(C(=O)OC(C)(C)C)C2)c2ccc(I)cc2C1=O. The summed E-state index contributed by atoms with van der Waals surface area (Å²) in [6.45, 7) is 9.77. The molecular formula is C22H29IN2O5. The zero-order chi connectivity index (χ0) is 22.1. The summed E-state index contributed by atoms with van der Waals surface area (Å²) in [5, 5.41) is 0. The van der Waals surface area contributed by atoms with Gasteiger partial charge in [0.15, 0.2) is 5.78 Å². The van der Waals surface area contributed by atoms with Crippen LogP contribution in [0, 0.1) is 15.4 Å². The second-order valence-corrected chi connectivity index (χ2v) is 10.1. The van der Waals surface area contributed by atoms with Crippen LogP contribution in [0.3, 0.4) is 0 Å². The van der Waals surface area contributed by atoms with E-state index in [1.807, 2.05) is 39.0 Å². The summed E-state index contributed by atoms with van der Waals surface area (Å²) < 4.78 is 11.6. The minimum absolute atomic E-state index is 0.181. The molecule has 2 aliphatic rings. The number of rotatable bonds is 4. The van der Waals surface area contributed by atoms with Gasteiger partial charge in [-0.1, -0.05) is 0 Å². The predicted octanol–water partition coefficient (Wildman–Crippen LogP) is 3.73. The molecule has 0 aliphatic carbocycles. The van der Waals surface area contributed by atoms with Crippen molar-refractivity contribution < 1.29 is 23.9 Å². The van der Waals surface area contributed by atoms with Gasteiger partial charge in [-0.3, -0.25) is 9.59 Å². The Kier molecular flexibility index (Phi) is 6.94. The van der Waals surface area contributed by atoms with Crippen LogP contribution < -0.4 is 4.90 Å². The minimum Gasteiger partial charge on any atom is -0.465 e. The lowest BCUT2D eigenvalue weighted by molar-refractivity contribution is -0.145. The average Bonchev–Trinajstić information content (AvgIpc) is 3.11. The number of esters is 1. The maximum absolute atomic E-state index is 12.9. The molecule has 3 rings (SSSR count). The van der Waals surface area contributed by atoms with Crippen LogP contribution in [0.5, 0.6) is 0 Å². The smallest absolute Gasteiger partial charge is 0.410 e. The van der Waals surface area contributed by atoms with Gasteiger partial charge in [0.1, 0.15) is 11.5 Å². The summed E-state index contributed by atoms with van der Waals surface area (Å²) in [6.07, 6.45) is 0.561. The highest BCUT2D eigenvalue weighted by Gasteiger charge is 2.39. The first-order valence-electron chi connectivity index (χ1n) is 10.3. The molecule has 164 valence electrons. The number of halogens is 1. The van der Waals surface area contributed by atoms with Gasteiger partial charge in [-0.25, -0.2) is 4.79 Å². The summed E-state index contributed by atoms with van der Waals surface area (Å²) in [6, 6.07) is 5.74. The molecular weight excluding hydrogens is 499 g/mol. The van der Waals surface area contributed by atoms with Crippen LogP contribution in [0.4, 0.5) is 10.5 Å². The fraction of sp³-hybridized carbons (Fsp3) is 0.591. The van der Waals surface area contributed by atoms with Crippen molar-refractivity contribution in [1.82, 2.24) is 4.90 Å². The van der Waals surface area contributed by atoms with Crippen molar-refractivity contribution in [1.29, 1.82) is 0 Å². The highest BCUT2D eigenvalue weighted by molar-refractivity contribution is 14.1. The van der Waals surface area contributed by atoms with E-state index in [-0.39, 0.29) is 24.4 Å². The zero-order valence-electron chi connectivity index (χ0n) is 17.9. The standard InChI is InChI=1S/C22H29IN2O5/c1-5-29-20(27)17-13-25(18-7-6-15(23)10-16(18)19(17)26)12-14-8-9-24(11-14)21(28)30-22(2,3)4/h6-7,10,14,17H,5,8-9,11-13H2,1-4H3/t14?,17-/m1/s1. The Morgan fingerprint density at radius 2 is 1.97 bits per heavy atom. The highest BCUT2D eigenvalue weighted by atomic mass is 127. The topological polar surface area (TPSA) is 76.2 Å². The molecule has 2 atom stereocenters. The number of nitrogens with zero attached hydrogens (tertiary/aromatic N) is 2. The predicted molar refractivity (Wildman–Crippen MR) is 122 cm³/mol.